The second-order valence-electron chi connectivity index (χ2n) is 12.6. The van der Waals surface area contributed by atoms with Crippen LogP contribution in [0, 0.1) is 17.2 Å². The van der Waals surface area contributed by atoms with Crippen molar-refractivity contribution >= 4 is 17.5 Å². The molecule has 3 saturated heterocycles. The zero-order valence-electron chi connectivity index (χ0n) is 24.1. The molecule has 4 aliphatic heterocycles. The van der Waals surface area contributed by atoms with Crippen molar-refractivity contribution in [2.24, 2.45) is 5.92 Å². The van der Waals surface area contributed by atoms with E-state index in [1.165, 1.54) is 18.1 Å². The highest BCUT2D eigenvalue weighted by atomic mass is 35.5. The van der Waals surface area contributed by atoms with Gasteiger partial charge in [-0.1, -0.05) is 30.3 Å². The SMILES string of the molecule is C=CC(=O)N1CCN(C2NC(OCC3CCCN3C)NC3C[C@@]4(CCC32)Cc2cccc(Cl)c2CO4)CC1CC#N. The van der Waals surface area contributed by atoms with Gasteiger partial charge in [0.2, 0.25) is 5.91 Å². The number of nitrogens with zero attached hydrogens (tertiary/aromatic N) is 4. The van der Waals surface area contributed by atoms with Crippen LogP contribution in [0.15, 0.2) is 30.9 Å². The number of halogens is 1. The molecule has 1 saturated carbocycles. The predicted octanol–water partition coefficient (Wildman–Crippen LogP) is 2.85. The Morgan fingerprint density at radius 2 is 2.17 bits per heavy atom. The summed E-state index contributed by atoms with van der Waals surface area (Å²) in [6.45, 7) is 8.01. The lowest BCUT2D eigenvalue weighted by molar-refractivity contribution is -0.153. The molecule has 1 aliphatic carbocycles. The first kappa shape index (κ1) is 29.1. The topological polar surface area (TPSA) is 93.1 Å². The van der Waals surface area contributed by atoms with Crippen molar-refractivity contribution < 1.29 is 14.3 Å². The number of carbonyl (C=O) groups excluding carboxylic acids is 1. The fourth-order valence-electron chi connectivity index (χ4n) is 7.90. The molecular formula is C31H43ClN6O3. The number of carbonyl (C=O) groups is 1. The van der Waals surface area contributed by atoms with Gasteiger partial charge in [0.15, 0.2) is 6.35 Å². The standard InChI is InChI=1S/C31H43ClN6O3/c1-3-28(39)38-15-14-37(18-22(38)10-12-33)29-24-9-11-31(16-21-6-4-8-26(32)25(21)20-41-31)17-27(24)34-30(35-29)40-19-23-7-5-13-36(23)2/h3-4,6,8,22-24,27,29-30,34-35H,1,5,7,9-11,13-20H2,2H3/t22?,23?,24?,27?,29?,30?,31-/m1/s1. The van der Waals surface area contributed by atoms with Crippen LogP contribution in [0.25, 0.3) is 0 Å². The van der Waals surface area contributed by atoms with E-state index in [9.17, 15) is 10.1 Å². The summed E-state index contributed by atoms with van der Waals surface area (Å²) < 4.78 is 13.2. The van der Waals surface area contributed by atoms with Gasteiger partial charge in [-0.15, -0.1) is 0 Å². The number of likely N-dealkylation sites (tertiary alicyclic amines) is 1. The van der Waals surface area contributed by atoms with Gasteiger partial charge in [0.25, 0.3) is 0 Å². The first-order chi connectivity index (χ1) is 19.9. The Hall–Kier alpha value is -2.03. The number of benzene rings is 1. The third-order valence-electron chi connectivity index (χ3n) is 10.2. The van der Waals surface area contributed by atoms with Crippen molar-refractivity contribution in [1.29, 1.82) is 5.26 Å². The fourth-order valence-corrected chi connectivity index (χ4v) is 8.15. The minimum absolute atomic E-state index is 0.0809. The number of hydrogen-bond donors (Lipinski definition) is 2. The molecule has 0 bridgehead atoms. The summed E-state index contributed by atoms with van der Waals surface area (Å²) in [6, 6.07) is 8.98. The summed E-state index contributed by atoms with van der Waals surface area (Å²) >= 11 is 6.50. The van der Waals surface area contributed by atoms with E-state index in [1.807, 2.05) is 17.0 Å². The molecule has 1 aromatic rings. The maximum atomic E-state index is 12.5. The first-order valence-electron chi connectivity index (χ1n) is 15.2. The summed E-state index contributed by atoms with van der Waals surface area (Å²) in [6.07, 6.45) is 7.61. The van der Waals surface area contributed by atoms with Crippen LogP contribution in [-0.4, -0.2) is 96.7 Å². The number of nitriles is 1. The zero-order chi connectivity index (χ0) is 28.6. The van der Waals surface area contributed by atoms with Crippen molar-refractivity contribution in [3.05, 3.63) is 47.0 Å². The number of rotatable bonds is 6. The Morgan fingerprint density at radius 3 is 2.95 bits per heavy atom. The second kappa shape index (κ2) is 12.3. The van der Waals surface area contributed by atoms with E-state index in [1.54, 1.807) is 0 Å². The van der Waals surface area contributed by atoms with Crippen molar-refractivity contribution in [3.8, 4) is 6.07 Å². The molecule has 4 heterocycles. The molecule has 9 nitrogen and oxygen atoms in total. The number of piperazine rings is 1. The van der Waals surface area contributed by atoms with Gasteiger partial charge in [0, 0.05) is 49.1 Å². The van der Waals surface area contributed by atoms with E-state index in [-0.39, 0.29) is 36.1 Å². The number of hydrogen-bond acceptors (Lipinski definition) is 8. The highest BCUT2D eigenvalue weighted by Crippen LogP contribution is 2.45. The van der Waals surface area contributed by atoms with Gasteiger partial charge >= 0.3 is 0 Å². The molecule has 1 amide bonds. The minimum Gasteiger partial charge on any atom is -0.370 e. The lowest BCUT2D eigenvalue weighted by Gasteiger charge is -2.56. The maximum absolute atomic E-state index is 12.5. The first-order valence-corrected chi connectivity index (χ1v) is 15.6. The Bertz CT molecular complexity index is 1180. The summed E-state index contributed by atoms with van der Waals surface area (Å²) in [5.74, 6) is 0.251. The Balaban J connectivity index is 1.21. The largest absolute Gasteiger partial charge is 0.370 e. The van der Waals surface area contributed by atoms with Crippen LogP contribution in [0.3, 0.4) is 0 Å². The van der Waals surface area contributed by atoms with Crippen LogP contribution in [-0.2, 0) is 27.3 Å². The highest BCUT2D eigenvalue weighted by Gasteiger charge is 2.51. The smallest absolute Gasteiger partial charge is 0.246 e. The highest BCUT2D eigenvalue weighted by molar-refractivity contribution is 6.31. The lowest BCUT2D eigenvalue weighted by Crippen LogP contribution is -2.73. The second-order valence-corrected chi connectivity index (χ2v) is 13.0. The Morgan fingerprint density at radius 1 is 1.29 bits per heavy atom. The van der Waals surface area contributed by atoms with Crippen molar-refractivity contribution in [2.75, 3.05) is 39.8 Å². The van der Waals surface area contributed by atoms with E-state index in [4.69, 9.17) is 21.1 Å². The summed E-state index contributed by atoms with van der Waals surface area (Å²) in [4.78, 5) is 19.2. The third-order valence-corrected chi connectivity index (χ3v) is 10.6. The molecule has 2 N–H and O–H groups in total. The molecule has 6 unspecified atom stereocenters. The molecule has 41 heavy (non-hydrogen) atoms. The number of amides is 1. The van der Waals surface area contributed by atoms with Crippen LogP contribution in [0.4, 0.5) is 0 Å². The Kier molecular flexibility index (Phi) is 8.71. The van der Waals surface area contributed by atoms with E-state index in [0.29, 0.717) is 44.7 Å². The maximum Gasteiger partial charge on any atom is 0.246 e. The number of nitrogens with one attached hydrogen (secondary N) is 2. The van der Waals surface area contributed by atoms with Crippen molar-refractivity contribution in [1.82, 2.24) is 25.3 Å². The van der Waals surface area contributed by atoms with Crippen LogP contribution in [0.1, 0.15) is 49.7 Å². The quantitative estimate of drug-likeness (QED) is 0.495. The van der Waals surface area contributed by atoms with Gasteiger partial charge in [0.1, 0.15) is 0 Å². The van der Waals surface area contributed by atoms with Crippen LogP contribution in [0.2, 0.25) is 5.02 Å². The van der Waals surface area contributed by atoms with E-state index < -0.39 is 0 Å². The van der Waals surface area contributed by atoms with Crippen LogP contribution >= 0.6 is 11.6 Å². The molecule has 5 aliphatic rings. The van der Waals surface area contributed by atoms with Crippen molar-refractivity contribution in [3.63, 3.8) is 0 Å². The number of fused-ring (bicyclic) bond motifs is 2. The average Bonchev–Trinajstić information content (AvgIpc) is 3.39. The van der Waals surface area contributed by atoms with Gasteiger partial charge in [-0.3, -0.25) is 20.3 Å². The zero-order valence-corrected chi connectivity index (χ0v) is 24.8. The molecule has 1 spiro atoms. The molecular weight excluding hydrogens is 540 g/mol. The molecule has 0 radical (unpaired) electrons. The third kappa shape index (κ3) is 5.94. The van der Waals surface area contributed by atoms with Gasteiger partial charge < -0.3 is 19.3 Å². The molecule has 7 atom stereocenters. The molecule has 4 fully saturated rings. The normalized spacial score (nSPS) is 36.0. The van der Waals surface area contributed by atoms with Gasteiger partial charge in [-0.25, -0.2) is 0 Å². The van der Waals surface area contributed by atoms with E-state index in [0.717, 1.165) is 55.8 Å². The fraction of sp³-hybridized carbons (Fsp3) is 0.677. The number of likely N-dealkylation sites (N-methyl/N-ethyl adjacent to an activating group) is 1. The molecule has 1 aromatic carbocycles. The number of ether oxygens (including phenoxy) is 2. The minimum atomic E-state index is -0.280. The van der Waals surface area contributed by atoms with Crippen molar-refractivity contribution in [2.45, 2.75) is 87.8 Å². The van der Waals surface area contributed by atoms with Gasteiger partial charge in [-0.2, -0.15) is 5.26 Å². The van der Waals surface area contributed by atoms with Gasteiger partial charge in [-0.05, 0) is 69.0 Å². The summed E-state index contributed by atoms with van der Waals surface area (Å²) in [5.41, 5.74) is 2.20. The molecule has 0 aromatic heterocycles. The molecule has 222 valence electrons. The monoisotopic (exact) mass is 582 g/mol. The van der Waals surface area contributed by atoms with Crippen LogP contribution < -0.4 is 10.6 Å². The molecule has 6 rings (SSSR count). The van der Waals surface area contributed by atoms with E-state index >= 15 is 0 Å². The lowest BCUT2D eigenvalue weighted by atomic mass is 9.69. The summed E-state index contributed by atoms with van der Waals surface area (Å²) in [7, 11) is 2.18. The van der Waals surface area contributed by atoms with Gasteiger partial charge in [0.05, 0.1) is 43.5 Å². The molecule has 10 heteroatoms. The summed E-state index contributed by atoms with van der Waals surface area (Å²) in [5, 5.41) is 18.0. The van der Waals surface area contributed by atoms with E-state index in [2.05, 4.69) is 46.2 Å². The average molecular weight is 583 g/mol. The Labute approximate surface area is 248 Å². The predicted molar refractivity (Wildman–Crippen MR) is 157 cm³/mol. The van der Waals surface area contributed by atoms with Crippen LogP contribution in [0.5, 0.6) is 0 Å².